The summed E-state index contributed by atoms with van der Waals surface area (Å²) in [5.41, 5.74) is 0.831. The predicted molar refractivity (Wildman–Crippen MR) is 72.4 cm³/mol. The van der Waals surface area contributed by atoms with Crippen molar-refractivity contribution >= 4 is 18.0 Å². The standard InChI is InChI=1S/C14H18N2O3/c1-11(2)16(9-7-14(18)19)13(17)6-5-12-4-3-8-15-10-12/h3-6,8,10-11H,7,9H2,1-2H3,(H,18,19)/b6-5+. The van der Waals surface area contributed by atoms with Crippen LogP contribution in [0.3, 0.4) is 0 Å². The maximum atomic E-state index is 12.0. The van der Waals surface area contributed by atoms with Gasteiger partial charge in [-0.15, -0.1) is 0 Å². The van der Waals surface area contributed by atoms with Gasteiger partial charge in [0.25, 0.3) is 0 Å². The van der Waals surface area contributed by atoms with Gasteiger partial charge in [-0.2, -0.15) is 0 Å². The molecule has 1 heterocycles. The number of carboxylic acid groups (broad SMARTS) is 1. The Morgan fingerprint density at radius 2 is 2.21 bits per heavy atom. The minimum atomic E-state index is -0.908. The second-order valence-corrected chi connectivity index (χ2v) is 4.39. The molecule has 1 amide bonds. The first-order chi connectivity index (χ1) is 9.00. The van der Waals surface area contributed by atoms with Crippen LogP contribution < -0.4 is 0 Å². The molecule has 0 aliphatic carbocycles. The minimum Gasteiger partial charge on any atom is -0.481 e. The number of nitrogens with zero attached hydrogens (tertiary/aromatic N) is 2. The summed E-state index contributed by atoms with van der Waals surface area (Å²) in [5, 5.41) is 8.67. The number of rotatable bonds is 6. The van der Waals surface area contributed by atoms with Gasteiger partial charge >= 0.3 is 5.97 Å². The minimum absolute atomic E-state index is 0.0367. The topological polar surface area (TPSA) is 70.5 Å². The van der Waals surface area contributed by atoms with E-state index in [0.29, 0.717) is 0 Å². The third-order valence-electron chi connectivity index (χ3n) is 2.58. The number of pyridine rings is 1. The van der Waals surface area contributed by atoms with Crippen molar-refractivity contribution in [1.82, 2.24) is 9.88 Å². The summed E-state index contributed by atoms with van der Waals surface area (Å²) in [4.78, 5) is 28.0. The molecule has 0 radical (unpaired) electrons. The second-order valence-electron chi connectivity index (χ2n) is 4.39. The molecule has 0 aliphatic heterocycles. The van der Waals surface area contributed by atoms with E-state index in [1.54, 1.807) is 24.5 Å². The Hall–Kier alpha value is -2.17. The fourth-order valence-electron chi connectivity index (χ4n) is 1.58. The molecule has 0 spiro atoms. The number of aromatic nitrogens is 1. The molecule has 1 N–H and O–H groups in total. The Kier molecular flexibility index (Phi) is 5.73. The van der Waals surface area contributed by atoms with Crippen molar-refractivity contribution in [3.05, 3.63) is 36.2 Å². The number of hydrogen-bond acceptors (Lipinski definition) is 3. The fourth-order valence-corrected chi connectivity index (χ4v) is 1.58. The summed E-state index contributed by atoms with van der Waals surface area (Å²) in [5.74, 6) is -1.10. The summed E-state index contributed by atoms with van der Waals surface area (Å²) in [7, 11) is 0. The van der Waals surface area contributed by atoms with Gasteiger partial charge in [-0.3, -0.25) is 14.6 Å². The molecule has 1 rings (SSSR count). The molecule has 5 nitrogen and oxygen atoms in total. The van der Waals surface area contributed by atoms with Crippen LogP contribution in [0, 0.1) is 0 Å². The molecule has 1 aromatic heterocycles. The zero-order valence-corrected chi connectivity index (χ0v) is 11.1. The molecule has 5 heteroatoms. The van der Waals surface area contributed by atoms with Gasteiger partial charge in [-0.1, -0.05) is 6.07 Å². The first kappa shape index (κ1) is 14.9. The smallest absolute Gasteiger partial charge is 0.305 e. The highest BCUT2D eigenvalue weighted by molar-refractivity contribution is 5.92. The zero-order chi connectivity index (χ0) is 14.3. The van der Waals surface area contributed by atoms with Gasteiger partial charge in [0, 0.05) is 31.1 Å². The number of hydrogen-bond donors (Lipinski definition) is 1. The molecule has 0 fully saturated rings. The summed E-state index contributed by atoms with van der Waals surface area (Å²) >= 11 is 0. The van der Waals surface area contributed by atoms with Gasteiger partial charge in [0.05, 0.1) is 6.42 Å². The van der Waals surface area contributed by atoms with E-state index in [1.807, 2.05) is 19.9 Å². The van der Waals surface area contributed by atoms with E-state index in [-0.39, 0.29) is 24.9 Å². The van der Waals surface area contributed by atoms with E-state index >= 15 is 0 Å². The summed E-state index contributed by atoms with van der Waals surface area (Å²) in [6.45, 7) is 3.93. The molecule has 0 saturated carbocycles. The van der Waals surface area contributed by atoms with Crippen molar-refractivity contribution in [2.24, 2.45) is 0 Å². The van der Waals surface area contributed by atoms with E-state index in [9.17, 15) is 9.59 Å². The molecule has 19 heavy (non-hydrogen) atoms. The van der Waals surface area contributed by atoms with Crippen LogP contribution >= 0.6 is 0 Å². The molecule has 0 aliphatic rings. The third kappa shape index (κ3) is 5.33. The maximum absolute atomic E-state index is 12.0. The van der Waals surface area contributed by atoms with E-state index < -0.39 is 5.97 Å². The van der Waals surface area contributed by atoms with Crippen LogP contribution in [0.15, 0.2) is 30.6 Å². The van der Waals surface area contributed by atoms with Gasteiger partial charge in [-0.05, 0) is 31.6 Å². The van der Waals surface area contributed by atoms with E-state index in [1.165, 1.54) is 11.0 Å². The Morgan fingerprint density at radius 3 is 2.74 bits per heavy atom. The Balaban J connectivity index is 2.67. The highest BCUT2D eigenvalue weighted by atomic mass is 16.4. The lowest BCUT2D eigenvalue weighted by Gasteiger charge is -2.24. The second kappa shape index (κ2) is 7.31. The van der Waals surface area contributed by atoms with Gasteiger partial charge in [0.1, 0.15) is 0 Å². The van der Waals surface area contributed by atoms with Crippen LogP contribution in [0.5, 0.6) is 0 Å². The van der Waals surface area contributed by atoms with Crippen LogP contribution in [0.4, 0.5) is 0 Å². The van der Waals surface area contributed by atoms with Gasteiger partial charge in [0.15, 0.2) is 0 Å². The molecule has 0 bridgehead atoms. The Labute approximate surface area is 112 Å². The summed E-state index contributed by atoms with van der Waals surface area (Å²) in [6, 6.07) is 3.59. The zero-order valence-electron chi connectivity index (χ0n) is 11.1. The molecule has 0 atom stereocenters. The number of amides is 1. The maximum Gasteiger partial charge on any atom is 0.305 e. The van der Waals surface area contributed by atoms with Crippen LogP contribution in [0.2, 0.25) is 0 Å². The lowest BCUT2D eigenvalue weighted by molar-refractivity contribution is -0.138. The largest absolute Gasteiger partial charge is 0.481 e. The fraction of sp³-hybridized carbons (Fsp3) is 0.357. The molecule has 0 aromatic carbocycles. The normalized spacial score (nSPS) is 10.9. The van der Waals surface area contributed by atoms with Crippen molar-refractivity contribution in [3.8, 4) is 0 Å². The van der Waals surface area contributed by atoms with Crippen LogP contribution in [0.25, 0.3) is 6.08 Å². The lowest BCUT2D eigenvalue weighted by atomic mass is 10.2. The van der Waals surface area contributed by atoms with E-state index in [2.05, 4.69) is 4.98 Å². The van der Waals surface area contributed by atoms with Crippen LogP contribution in [0.1, 0.15) is 25.8 Å². The molecule has 0 unspecified atom stereocenters. The number of carbonyl (C=O) groups excluding carboxylic acids is 1. The summed E-state index contributed by atoms with van der Waals surface area (Å²) < 4.78 is 0. The van der Waals surface area contributed by atoms with Gasteiger partial charge in [-0.25, -0.2) is 0 Å². The molecular formula is C14H18N2O3. The number of aliphatic carboxylic acids is 1. The Morgan fingerprint density at radius 1 is 1.47 bits per heavy atom. The summed E-state index contributed by atoms with van der Waals surface area (Å²) in [6.07, 6.45) is 6.38. The van der Waals surface area contributed by atoms with E-state index in [0.717, 1.165) is 5.56 Å². The quantitative estimate of drug-likeness (QED) is 0.794. The van der Waals surface area contributed by atoms with Crippen LogP contribution in [-0.2, 0) is 9.59 Å². The van der Waals surface area contributed by atoms with Crippen molar-refractivity contribution in [2.45, 2.75) is 26.3 Å². The van der Waals surface area contributed by atoms with Crippen molar-refractivity contribution in [2.75, 3.05) is 6.54 Å². The SMILES string of the molecule is CC(C)N(CCC(=O)O)C(=O)/C=C/c1cccnc1. The third-order valence-corrected chi connectivity index (χ3v) is 2.58. The predicted octanol–water partition coefficient (Wildman–Crippen LogP) is 1.81. The molecule has 1 aromatic rings. The first-order valence-corrected chi connectivity index (χ1v) is 6.11. The molecule has 102 valence electrons. The van der Waals surface area contributed by atoms with Crippen LogP contribution in [-0.4, -0.2) is 39.5 Å². The average molecular weight is 262 g/mol. The average Bonchev–Trinajstić information content (AvgIpc) is 2.37. The van der Waals surface area contributed by atoms with Crippen molar-refractivity contribution < 1.29 is 14.7 Å². The number of carboxylic acids is 1. The van der Waals surface area contributed by atoms with E-state index in [4.69, 9.17) is 5.11 Å². The number of carbonyl (C=O) groups is 2. The molecule has 0 saturated heterocycles. The monoisotopic (exact) mass is 262 g/mol. The van der Waals surface area contributed by atoms with Gasteiger partial charge < -0.3 is 10.0 Å². The highest BCUT2D eigenvalue weighted by Crippen LogP contribution is 2.04. The lowest BCUT2D eigenvalue weighted by Crippen LogP contribution is -2.37. The highest BCUT2D eigenvalue weighted by Gasteiger charge is 2.15. The van der Waals surface area contributed by atoms with Crippen molar-refractivity contribution in [1.29, 1.82) is 0 Å². The molecular weight excluding hydrogens is 244 g/mol. The first-order valence-electron chi connectivity index (χ1n) is 6.11. The Bertz CT molecular complexity index is 455. The van der Waals surface area contributed by atoms with Gasteiger partial charge in [0.2, 0.25) is 5.91 Å². The van der Waals surface area contributed by atoms with Crippen molar-refractivity contribution in [3.63, 3.8) is 0 Å².